The molecule has 3 aromatic rings. The number of hydrogen-bond donors (Lipinski definition) is 0. The number of benzene rings is 3. The average Bonchev–Trinajstić information content (AvgIpc) is 2.94. The summed E-state index contributed by atoms with van der Waals surface area (Å²) in [6.07, 6.45) is -3.67. The number of halogens is 4. The Labute approximate surface area is 259 Å². The Hall–Kier alpha value is -3.13. The normalized spacial score (nSPS) is 16.0. The van der Waals surface area contributed by atoms with Gasteiger partial charge in [-0.3, -0.25) is 0 Å². The van der Waals surface area contributed by atoms with Gasteiger partial charge in [0.05, 0.1) is 26.3 Å². The highest BCUT2D eigenvalue weighted by atomic mass is 35.5. The van der Waals surface area contributed by atoms with Gasteiger partial charge in [0.1, 0.15) is 11.4 Å². The average molecular weight is 674 g/mol. The summed E-state index contributed by atoms with van der Waals surface area (Å²) in [5, 5.41) is 0.212. The van der Waals surface area contributed by atoms with E-state index in [2.05, 4.69) is 0 Å². The number of hydrogen-bond acceptors (Lipinski definition) is 7. The zero-order valence-corrected chi connectivity index (χ0v) is 26.7. The molecule has 0 fully saturated rings. The molecule has 14 heteroatoms. The van der Waals surface area contributed by atoms with Gasteiger partial charge in [0.2, 0.25) is 19.9 Å². The smallest absolute Gasteiger partial charge is 0.416 e. The highest BCUT2D eigenvalue weighted by molar-refractivity contribution is 7.91. The lowest BCUT2D eigenvalue weighted by molar-refractivity contribution is -0.157. The van der Waals surface area contributed by atoms with E-state index in [0.717, 1.165) is 22.5 Å². The number of ether oxygens (including phenoxy) is 2. The minimum Gasteiger partial charge on any atom is -0.482 e. The van der Waals surface area contributed by atoms with Crippen LogP contribution < -0.4 is 4.74 Å². The number of alkyl halides is 3. The highest BCUT2D eigenvalue weighted by Gasteiger charge is 2.38. The molecule has 0 aliphatic heterocycles. The van der Waals surface area contributed by atoms with Gasteiger partial charge in [-0.1, -0.05) is 23.7 Å². The van der Waals surface area contributed by atoms with Crippen molar-refractivity contribution in [2.75, 3.05) is 13.7 Å². The largest absolute Gasteiger partial charge is 0.482 e. The van der Waals surface area contributed by atoms with Crippen LogP contribution >= 0.6 is 11.6 Å². The van der Waals surface area contributed by atoms with E-state index in [4.69, 9.17) is 21.1 Å². The summed E-state index contributed by atoms with van der Waals surface area (Å²) >= 11 is 5.83. The lowest BCUT2D eigenvalue weighted by Gasteiger charge is -2.33. The van der Waals surface area contributed by atoms with Crippen LogP contribution in [0.2, 0.25) is 5.02 Å². The Bertz CT molecular complexity index is 1770. The summed E-state index contributed by atoms with van der Waals surface area (Å²) in [5.41, 5.74) is -0.924. The van der Waals surface area contributed by atoms with Crippen molar-refractivity contribution >= 4 is 37.4 Å². The van der Waals surface area contributed by atoms with Gasteiger partial charge < -0.3 is 9.47 Å². The fourth-order valence-corrected chi connectivity index (χ4v) is 7.90. The lowest BCUT2D eigenvalue weighted by atomic mass is 9.87. The van der Waals surface area contributed by atoms with E-state index in [9.17, 15) is 34.8 Å². The standard InChI is InChI=1S/C30H31ClF3NO7S2/c1-29(2,3)42-28(36)18-41-27-10-6-7-24-25(27)8-5-9-26(24)35(4)44(39,40)23-16-19(30(32,33)34)15-22(17-23)43(37,38)21-13-11-20(31)12-14-21/h6-7,10-17,26H,5,8-9,18H2,1-4H3/t26-/m1/s1. The number of nitrogens with zero attached hydrogens (tertiary/aromatic N) is 1. The molecule has 238 valence electrons. The van der Waals surface area contributed by atoms with Gasteiger partial charge >= 0.3 is 12.1 Å². The molecular weight excluding hydrogens is 643 g/mol. The lowest BCUT2D eigenvalue weighted by Crippen LogP contribution is -2.34. The number of rotatable bonds is 8. The van der Waals surface area contributed by atoms with Crippen molar-refractivity contribution in [1.82, 2.24) is 4.31 Å². The Morgan fingerprint density at radius 1 is 0.955 bits per heavy atom. The first-order valence-electron chi connectivity index (χ1n) is 13.5. The number of esters is 1. The summed E-state index contributed by atoms with van der Waals surface area (Å²) in [5.74, 6) is -0.227. The Kier molecular flexibility index (Phi) is 9.47. The molecule has 0 unspecified atom stereocenters. The van der Waals surface area contributed by atoms with E-state index in [0.29, 0.717) is 48.3 Å². The fourth-order valence-electron chi connectivity index (χ4n) is 4.93. The van der Waals surface area contributed by atoms with Crippen LogP contribution in [0.1, 0.15) is 56.3 Å². The van der Waals surface area contributed by atoms with E-state index >= 15 is 0 Å². The maximum absolute atomic E-state index is 13.9. The van der Waals surface area contributed by atoms with Gasteiger partial charge in [0.15, 0.2) is 6.61 Å². The maximum Gasteiger partial charge on any atom is 0.416 e. The van der Waals surface area contributed by atoms with Gasteiger partial charge in [0, 0.05) is 12.1 Å². The molecule has 1 aliphatic rings. The van der Waals surface area contributed by atoms with E-state index in [1.54, 1.807) is 39.0 Å². The molecule has 1 aliphatic carbocycles. The molecule has 44 heavy (non-hydrogen) atoms. The number of carbonyl (C=O) groups is 1. The van der Waals surface area contributed by atoms with Crippen LogP contribution in [0.5, 0.6) is 5.75 Å². The van der Waals surface area contributed by atoms with Gasteiger partial charge in [0.25, 0.3) is 0 Å². The number of carbonyl (C=O) groups excluding carboxylic acids is 1. The first-order chi connectivity index (χ1) is 20.3. The summed E-state index contributed by atoms with van der Waals surface area (Å²) in [7, 11) is -7.98. The van der Waals surface area contributed by atoms with Crippen LogP contribution in [-0.2, 0) is 42.0 Å². The second-order valence-corrected chi connectivity index (χ2v) is 15.7. The predicted molar refractivity (Wildman–Crippen MR) is 157 cm³/mol. The first kappa shape index (κ1) is 33.8. The second kappa shape index (κ2) is 12.3. The highest BCUT2D eigenvalue weighted by Crippen LogP contribution is 2.41. The van der Waals surface area contributed by atoms with Crippen molar-refractivity contribution in [2.45, 2.75) is 72.5 Å². The zero-order chi connectivity index (χ0) is 32.7. The molecule has 3 aromatic carbocycles. The van der Waals surface area contributed by atoms with Gasteiger partial charge in [-0.2, -0.15) is 17.5 Å². The molecule has 1 atom stereocenters. The van der Waals surface area contributed by atoms with E-state index < -0.39 is 59.0 Å². The molecule has 0 amide bonds. The van der Waals surface area contributed by atoms with Crippen molar-refractivity contribution in [2.24, 2.45) is 0 Å². The molecular formula is C30H31ClF3NO7S2. The molecule has 8 nitrogen and oxygen atoms in total. The van der Waals surface area contributed by atoms with Crippen molar-refractivity contribution < 1.29 is 44.3 Å². The van der Waals surface area contributed by atoms with Crippen molar-refractivity contribution in [1.29, 1.82) is 0 Å². The minimum absolute atomic E-state index is 0.212. The number of sulfonamides is 1. The van der Waals surface area contributed by atoms with Crippen LogP contribution in [-0.4, -0.2) is 46.4 Å². The van der Waals surface area contributed by atoms with Crippen molar-refractivity contribution in [3.05, 3.63) is 82.4 Å². The summed E-state index contributed by atoms with van der Waals surface area (Å²) in [6, 6.07) is 10.5. The Morgan fingerprint density at radius 3 is 2.20 bits per heavy atom. The second-order valence-electron chi connectivity index (χ2n) is 11.3. The van der Waals surface area contributed by atoms with Gasteiger partial charge in [-0.25, -0.2) is 21.6 Å². The predicted octanol–water partition coefficient (Wildman–Crippen LogP) is 6.61. The van der Waals surface area contributed by atoms with Crippen LogP contribution in [0.15, 0.2) is 75.4 Å². The SMILES string of the molecule is CN([C@@H]1CCCc2c(OCC(=O)OC(C)(C)C)cccc21)S(=O)(=O)c1cc(C(F)(F)F)cc(S(=O)(=O)c2ccc(Cl)cc2)c1. The minimum atomic E-state index is -5.04. The summed E-state index contributed by atoms with van der Waals surface area (Å²) in [4.78, 5) is 10.2. The molecule has 0 saturated heterocycles. The number of sulfone groups is 1. The molecule has 0 heterocycles. The molecule has 0 N–H and O–H groups in total. The van der Waals surface area contributed by atoms with Crippen molar-refractivity contribution in [3.8, 4) is 5.75 Å². The third-order valence-corrected chi connectivity index (χ3v) is 10.8. The van der Waals surface area contributed by atoms with Crippen LogP contribution in [0.4, 0.5) is 13.2 Å². The van der Waals surface area contributed by atoms with Gasteiger partial charge in [-0.05, 0) is 99.7 Å². The third kappa shape index (κ3) is 7.39. The molecule has 0 bridgehead atoms. The quantitative estimate of drug-likeness (QED) is 0.248. The first-order valence-corrected chi connectivity index (χ1v) is 16.8. The number of fused-ring (bicyclic) bond motifs is 1. The van der Waals surface area contributed by atoms with E-state index in [1.807, 2.05) is 0 Å². The zero-order valence-electron chi connectivity index (χ0n) is 24.3. The monoisotopic (exact) mass is 673 g/mol. The van der Waals surface area contributed by atoms with Crippen LogP contribution in [0, 0.1) is 0 Å². The van der Waals surface area contributed by atoms with Crippen LogP contribution in [0.3, 0.4) is 0 Å². The summed E-state index contributed by atoms with van der Waals surface area (Å²) < 4.78 is 108. The maximum atomic E-state index is 13.9. The Morgan fingerprint density at radius 2 is 1.59 bits per heavy atom. The molecule has 0 saturated carbocycles. The van der Waals surface area contributed by atoms with Crippen molar-refractivity contribution in [3.63, 3.8) is 0 Å². The summed E-state index contributed by atoms with van der Waals surface area (Å²) in [6.45, 7) is 4.78. The topological polar surface area (TPSA) is 107 Å². The fraction of sp³-hybridized carbons (Fsp3) is 0.367. The third-order valence-electron chi connectivity index (χ3n) is 6.96. The molecule has 0 radical (unpaired) electrons. The van der Waals surface area contributed by atoms with Gasteiger partial charge in [-0.15, -0.1) is 0 Å². The van der Waals surface area contributed by atoms with E-state index in [1.165, 1.54) is 19.2 Å². The molecule has 0 spiro atoms. The molecule has 0 aromatic heterocycles. The van der Waals surface area contributed by atoms with Crippen LogP contribution in [0.25, 0.3) is 0 Å². The Balaban J connectivity index is 1.72. The van der Waals surface area contributed by atoms with E-state index in [-0.39, 0.29) is 16.5 Å². The molecule has 4 rings (SSSR count).